The average molecular weight is 409 g/mol. The van der Waals surface area contributed by atoms with Crippen molar-refractivity contribution in [1.82, 2.24) is 25.5 Å². The molecule has 0 fully saturated rings. The number of aryl methyl sites for hydroxylation is 1. The van der Waals surface area contributed by atoms with Gasteiger partial charge in [0.15, 0.2) is 17.4 Å². The van der Waals surface area contributed by atoms with Crippen LogP contribution in [0.2, 0.25) is 0 Å². The number of carbonyl (C=O) groups is 1. The van der Waals surface area contributed by atoms with Crippen molar-refractivity contribution in [2.24, 2.45) is 0 Å². The first kappa shape index (κ1) is 19.4. The summed E-state index contributed by atoms with van der Waals surface area (Å²) in [6.07, 6.45) is 1.81. The fraction of sp³-hybridized carbons (Fsp3) is 0.190. The number of nitrogens with one attached hydrogen (secondary N) is 3. The number of ether oxygens (including phenoxy) is 1. The van der Waals surface area contributed by atoms with Crippen LogP contribution in [0.1, 0.15) is 18.2 Å². The van der Waals surface area contributed by atoms with Gasteiger partial charge in [-0.15, -0.1) is 0 Å². The van der Waals surface area contributed by atoms with Gasteiger partial charge in [-0.3, -0.25) is 5.10 Å². The summed E-state index contributed by atoms with van der Waals surface area (Å²) < 4.78 is 18.5. The number of rotatable bonds is 5. The van der Waals surface area contributed by atoms with Gasteiger partial charge in [-0.25, -0.2) is 14.2 Å². The first-order chi connectivity index (χ1) is 14.5. The molecule has 154 valence electrons. The van der Waals surface area contributed by atoms with E-state index in [9.17, 15) is 14.3 Å². The van der Waals surface area contributed by atoms with E-state index in [-0.39, 0.29) is 12.3 Å². The highest BCUT2D eigenvalue weighted by Gasteiger charge is 2.15. The number of phenolic OH excluding ortho intramolecular Hbond substituents is 1. The second-order valence-electron chi connectivity index (χ2n) is 6.73. The number of imidazole rings is 1. The number of aromatic hydroxyl groups is 1. The maximum Gasteiger partial charge on any atom is 0.407 e. The number of alkyl carbamates (subject to hydrolysis) is 1. The van der Waals surface area contributed by atoms with E-state index in [1.165, 1.54) is 19.2 Å². The fourth-order valence-corrected chi connectivity index (χ4v) is 3.34. The standard InChI is InChI=1S/C21H20FN5O3/c1-3-11-7-18(28)16(22)8-15(11)12-4-5-14-17(6-12)26-27-19(14)20-23-9-13(25-20)10-24-21(29)30-2/h4-9,28H,3,10H2,1-2H3,(H,23,25)(H,24,29)(H,26,27). The molecule has 0 bridgehead atoms. The van der Waals surface area contributed by atoms with E-state index in [1.807, 2.05) is 25.1 Å². The van der Waals surface area contributed by atoms with Gasteiger partial charge < -0.3 is 20.1 Å². The highest BCUT2D eigenvalue weighted by molar-refractivity contribution is 5.94. The zero-order valence-corrected chi connectivity index (χ0v) is 16.4. The van der Waals surface area contributed by atoms with Crippen molar-refractivity contribution in [3.05, 3.63) is 53.6 Å². The normalized spacial score (nSPS) is 11.0. The van der Waals surface area contributed by atoms with E-state index in [2.05, 4.69) is 30.2 Å². The number of carbonyl (C=O) groups excluding carboxylic acids is 1. The number of aromatic amines is 2. The number of halogens is 1. The Bertz CT molecular complexity index is 1230. The van der Waals surface area contributed by atoms with Crippen molar-refractivity contribution in [1.29, 1.82) is 0 Å². The number of amides is 1. The molecular weight excluding hydrogens is 389 g/mol. The van der Waals surface area contributed by atoms with Crippen LogP contribution in [0.5, 0.6) is 5.75 Å². The molecule has 30 heavy (non-hydrogen) atoms. The van der Waals surface area contributed by atoms with Crippen LogP contribution in [-0.4, -0.2) is 38.5 Å². The van der Waals surface area contributed by atoms with Crippen LogP contribution in [-0.2, 0) is 17.7 Å². The lowest BCUT2D eigenvalue weighted by Gasteiger charge is -2.10. The number of hydrogen-bond donors (Lipinski definition) is 4. The minimum Gasteiger partial charge on any atom is -0.505 e. The molecule has 0 spiro atoms. The molecule has 0 saturated heterocycles. The Hall–Kier alpha value is -3.88. The summed E-state index contributed by atoms with van der Waals surface area (Å²) in [5.74, 6) is -0.451. The number of methoxy groups -OCH3 is 1. The lowest BCUT2D eigenvalue weighted by molar-refractivity contribution is 0.170. The zero-order chi connectivity index (χ0) is 21.3. The van der Waals surface area contributed by atoms with Crippen molar-refractivity contribution in [3.8, 4) is 28.4 Å². The largest absolute Gasteiger partial charge is 0.505 e. The average Bonchev–Trinajstić information content (AvgIpc) is 3.39. The molecule has 0 unspecified atom stereocenters. The Labute approximate surface area is 171 Å². The molecule has 2 aromatic heterocycles. The number of H-pyrrole nitrogens is 2. The maximum atomic E-state index is 13.9. The highest BCUT2D eigenvalue weighted by Crippen LogP contribution is 2.33. The third kappa shape index (κ3) is 3.57. The van der Waals surface area contributed by atoms with Crippen LogP contribution in [0.25, 0.3) is 33.5 Å². The van der Waals surface area contributed by atoms with E-state index in [1.54, 1.807) is 6.20 Å². The van der Waals surface area contributed by atoms with Gasteiger partial charge in [0.25, 0.3) is 0 Å². The number of fused-ring (bicyclic) bond motifs is 1. The summed E-state index contributed by atoms with van der Waals surface area (Å²) in [7, 11) is 1.30. The summed E-state index contributed by atoms with van der Waals surface area (Å²) in [6, 6.07) is 8.47. The molecule has 4 N–H and O–H groups in total. The van der Waals surface area contributed by atoms with Crippen LogP contribution in [0.4, 0.5) is 9.18 Å². The number of nitrogens with zero attached hydrogens (tertiary/aromatic N) is 2. The second kappa shape index (κ2) is 7.86. The third-order valence-electron chi connectivity index (χ3n) is 4.88. The molecule has 9 heteroatoms. The van der Waals surface area contributed by atoms with E-state index in [4.69, 9.17) is 0 Å². The predicted octanol–water partition coefficient (Wildman–Crippen LogP) is 3.88. The predicted molar refractivity (Wildman–Crippen MR) is 109 cm³/mol. The van der Waals surface area contributed by atoms with Crippen molar-refractivity contribution in [2.75, 3.05) is 7.11 Å². The molecule has 2 aromatic carbocycles. The minimum atomic E-state index is -0.656. The molecule has 1 amide bonds. The summed E-state index contributed by atoms with van der Waals surface area (Å²) >= 11 is 0. The SMILES string of the molecule is CCc1cc(O)c(F)cc1-c1ccc2c(-c3nc(CNC(=O)OC)c[nH]3)n[nH]c2c1. The molecule has 0 atom stereocenters. The van der Waals surface area contributed by atoms with Gasteiger partial charge in [-0.1, -0.05) is 13.0 Å². The lowest BCUT2D eigenvalue weighted by atomic mass is 9.96. The van der Waals surface area contributed by atoms with Crippen LogP contribution in [0.15, 0.2) is 36.5 Å². The molecule has 0 saturated carbocycles. The monoisotopic (exact) mass is 409 g/mol. The van der Waals surface area contributed by atoms with E-state index < -0.39 is 11.9 Å². The van der Waals surface area contributed by atoms with Gasteiger partial charge in [0, 0.05) is 11.6 Å². The molecule has 0 radical (unpaired) electrons. The van der Waals surface area contributed by atoms with Gasteiger partial charge in [0.05, 0.1) is 24.9 Å². The Morgan fingerprint density at radius 1 is 1.30 bits per heavy atom. The summed E-state index contributed by atoms with van der Waals surface area (Å²) in [5.41, 5.74) is 4.42. The van der Waals surface area contributed by atoms with Crippen molar-refractivity contribution in [2.45, 2.75) is 19.9 Å². The van der Waals surface area contributed by atoms with Crippen LogP contribution >= 0.6 is 0 Å². The quantitative estimate of drug-likeness (QED) is 0.399. The second-order valence-corrected chi connectivity index (χ2v) is 6.73. The molecule has 0 aliphatic heterocycles. The van der Waals surface area contributed by atoms with Gasteiger partial charge in [0.2, 0.25) is 0 Å². The Balaban J connectivity index is 1.66. The first-order valence-electron chi connectivity index (χ1n) is 9.36. The van der Waals surface area contributed by atoms with Gasteiger partial charge in [-0.05, 0) is 47.4 Å². The van der Waals surface area contributed by atoms with Crippen molar-refractivity contribution in [3.63, 3.8) is 0 Å². The Kier molecular flexibility index (Phi) is 5.09. The molecule has 0 aliphatic carbocycles. The number of hydrogen-bond acceptors (Lipinski definition) is 5. The summed E-state index contributed by atoms with van der Waals surface area (Å²) in [4.78, 5) is 18.7. The van der Waals surface area contributed by atoms with Crippen molar-refractivity contribution < 1.29 is 19.0 Å². The smallest absolute Gasteiger partial charge is 0.407 e. The Morgan fingerprint density at radius 2 is 2.13 bits per heavy atom. The molecule has 2 heterocycles. The number of phenols is 1. The molecule has 4 rings (SSSR count). The van der Waals surface area contributed by atoms with E-state index in [0.717, 1.165) is 27.6 Å². The highest BCUT2D eigenvalue weighted by atomic mass is 19.1. The fourth-order valence-electron chi connectivity index (χ4n) is 3.34. The van der Waals surface area contributed by atoms with E-state index >= 15 is 0 Å². The maximum absolute atomic E-state index is 13.9. The third-order valence-corrected chi connectivity index (χ3v) is 4.88. The Morgan fingerprint density at radius 3 is 2.90 bits per heavy atom. The van der Waals surface area contributed by atoms with Crippen LogP contribution in [0.3, 0.4) is 0 Å². The molecule has 8 nitrogen and oxygen atoms in total. The van der Waals surface area contributed by atoms with Gasteiger partial charge >= 0.3 is 6.09 Å². The topological polar surface area (TPSA) is 116 Å². The lowest BCUT2D eigenvalue weighted by Crippen LogP contribution is -2.22. The van der Waals surface area contributed by atoms with Crippen LogP contribution in [0, 0.1) is 5.82 Å². The van der Waals surface area contributed by atoms with Crippen molar-refractivity contribution >= 4 is 17.0 Å². The van der Waals surface area contributed by atoms with Crippen LogP contribution < -0.4 is 5.32 Å². The molecular formula is C21H20FN5O3. The first-order valence-corrected chi connectivity index (χ1v) is 9.36. The molecule has 0 aliphatic rings. The summed E-state index contributed by atoms with van der Waals surface area (Å²) in [5, 5.41) is 20.4. The molecule has 4 aromatic rings. The van der Waals surface area contributed by atoms with E-state index in [0.29, 0.717) is 23.6 Å². The zero-order valence-electron chi connectivity index (χ0n) is 16.4. The number of aromatic nitrogens is 4. The van der Waals surface area contributed by atoms with Gasteiger partial charge in [-0.2, -0.15) is 5.10 Å². The minimum absolute atomic E-state index is 0.224. The number of benzene rings is 2. The van der Waals surface area contributed by atoms with Gasteiger partial charge in [0.1, 0.15) is 5.69 Å². The summed E-state index contributed by atoms with van der Waals surface area (Å²) in [6.45, 7) is 2.18.